The number of hydrogen-bond donors (Lipinski definition) is 1. The van der Waals surface area contributed by atoms with Gasteiger partial charge in [0.25, 0.3) is 0 Å². The molecule has 2 unspecified atom stereocenters. The number of aryl methyl sites for hydroxylation is 1. The molecule has 2 amide bonds. The summed E-state index contributed by atoms with van der Waals surface area (Å²) in [6.45, 7) is 8.45. The number of aromatic nitrogens is 3. The zero-order valence-corrected chi connectivity index (χ0v) is 26.4. The Morgan fingerprint density at radius 3 is 2.50 bits per heavy atom. The molecule has 0 spiro atoms. The number of thioether (sulfide) groups is 1. The van der Waals surface area contributed by atoms with E-state index in [0.29, 0.717) is 27.8 Å². The SMILES string of the molecule is Cc1ccc(C(C)C)c(N2/C(=N/C(=O)NC(C#N)c3ccc(-c4ncn(-c5ccc(OC(F)(F)F)cc5)n4)cc3)SCCC2C)c1. The fraction of sp³-hybridized carbons (Fsp3) is 0.303. The van der Waals surface area contributed by atoms with Crippen LogP contribution in [0.5, 0.6) is 5.75 Å². The molecule has 13 heteroatoms. The van der Waals surface area contributed by atoms with Gasteiger partial charge in [0.15, 0.2) is 11.0 Å². The summed E-state index contributed by atoms with van der Waals surface area (Å²) < 4.78 is 42.7. The average Bonchev–Trinajstić information content (AvgIpc) is 3.50. The number of amides is 2. The van der Waals surface area contributed by atoms with Crippen molar-refractivity contribution < 1.29 is 22.7 Å². The summed E-state index contributed by atoms with van der Waals surface area (Å²) in [5.41, 5.74) is 5.03. The van der Waals surface area contributed by atoms with Gasteiger partial charge >= 0.3 is 12.4 Å². The standard InChI is InChI=1S/C33H32F3N7O2S/c1-20(2)27-14-5-21(3)17-29(27)43-22(4)15-16-46-32(43)40-31(44)39-28(18-37)23-6-8-24(9-7-23)30-38-19-42(41-30)25-10-12-26(13-11-25)45-33(34,35)36/h5-14,17,19-20,22,28H,15-16H2,1-4H3,(H,39,44)/b40-32-. The monoisotopic (exact) mass is 647 g/mol. The molecule has 1 fully saturated rings. The molecule has 5 rings (SSSR count). The zero-order chi connectivity index (χ0) is 33.0. The van der Waals surface area contributed by atoms with Crippen molar-refractivity contribution in [2.24, 2.45) is 4.99 Å². The van der Waals surface area contributed by atoms with Gasteiger partial charge in [-0.15, -0.1) is 18.3 Å². The number of ether oxygens (including phenoxy) is 1. The number of anilines is 1. The maximum Gasteiger partial charge on any atom is 0.573 e. The number of hydrogen-bond acceptors (Lipinski definition) is 6. The van der Waals surface area contributed by atoms with Crippen LogP contribution in [0.1, 0.15) is 55.8 Å². The number of urea groups is 1. The predicted molar refractivity (Wildman–Crippen MR) is 172 cm³/mol. The maximum absolute atomic E-state index is 13.2. The highest BCUT2D eigenvalue weighted by Gasteiger charge is 2.31. The van der Waals surface area contributed by atoms with Gasteiger partial charge in [0.2, 0.25) is 0 Å². The van der Waals surface area contributed by atoms with Crippen molar-refractivity contribution in [1.29, 1.82) is 5.26 Å². The van der Waals surface area contributed by atoms with Gasteiger partial charge in [0, 0.05) is 23.0 Å². The van der Waals surface area contributed by atoms with Crippen LogP contribution >= 0.6 is 11.8 Å². The highest BCUT2D eigenvalue weighted by Crippen LogP contribution is 2.35. The molecule has 1 saturated heterocycles. The number of alkyl halides is 3. The molecular formula is C33H32F3N7O2S. The molecule has 0 saturated carbocycles. The second-order valence-corrected chi connectivity index (χ2v) is 12.2. The molecule has 0 radical (unpaired) electrons. The Morgan fingerprint density at radius 1 is 1.13 bits per heavy atom. The summed E-state index contributed by atoms with van der Waals surface area (Å²) in [6.07, 6.45) is -2.39. The number of nitrogens with one attached hydrogen (secondary N) is 1. The molecule has 1 aromatic heterocycles. The van der Waals surface area contributed by atoms with E-state index in [0.717, 1.165) is 23.4 Å². The minimum atomic E-state index is -4.77. The predicted octanol–water partition coefficient (Wildman–Crippen LogP) is 7.93. The van der Waals surface area contributed by atoms with Gasteiger partial charge in [0.1, 0.15) is 18.1 Å². The Morgan fingerprint density at radius 2 is 1.85 bits per heavy atom. The Kier molecular flexibility index (Phi) is 9.67. The molecule has 3 aromatic carbocycles. The number of benzene rings is 3. The molecule has 9 nitrogen and oxygen atoms in total. The van der Waals surface area contributed by atoms with Crippen LogP contribution in [0.25, 0.3) is 17.1 Å². The van der Waals surface area contributed by atoms with Gasteiger partial charge in [0.05, 0.1) is 11.8 Å². The Balaban J connectivity index is 1.29. The van der Waals surface area contributed by atoms with Gasteiger partial charge in [-0.25, -0.2) is 14.5 Å². The smallest absolute Gasteiger partial charge is 0.406 e. The van der Waals surface area contributed by atoms with E-state index in [4.69, 9.17) is 0 Å². The normalized spacial score (nSPS) is 16.7. The molecule has 2 atom stereocenters. The van der Waals surface area contributed by atoms with Crippen LogP contribution in [0.3, 0.4) is 0 Å². The van der Waals surface area contributed by atoms with E-state index in [1.165, 1.54) is 52.6 Å². The molecule has 2 heterocycles. The number of carbonyl (C=O) groups excluding carboxylic acids is 1. The number of rotatable bonds is 7. The number of aliphatic imine (C=N–C) groups is 1. The van der Waals surface area contributed by atoms with Gasteiger partial charge in [-0.2, -0.15) is 10.3 Å². The topological polar surface area (TPSA) is 108 Å². The highest BCUT2D eigenvalue weighted by atomic mass is 32.2. The molecular weight excluding hydrogens is 615 g/mol. The number of carbonyl (C=O) groups is 1. The fourth-order valence-corrected chi connectivity index (χ4v) is 6.27. The molecule has 0 aliphatic carbocycles. The minimum Gasteiger partial charge on any atom is -0.406 e. The van der Waals surface area contributed by atoms with Gasteiger partial charge in [-0.1, -0.05) is 62.0 Å². The lowest BCUT2D eigenvalue weighted by molar-refractivity contribution is -0.274. The van der Waals surface area contributed by atoms with Crippen LogP contribution in [-0.2, 0) is 0 Å². The van der Waals surface area contributed by atoms with Gasteiger partial charge < -0.3 is 15.0 Å². The van der Waals surface area contributed by atoms with E-state index < -0.39 is 18.4 Å². The number of amidine groups is 1. The van der Waals surface area contributed by atoms with E-state index in [1.54, 1.807) is 24.3 Å². The third kappa shape index (κ3) is 7.69. The first-order chi connectivity index (χ1) is 21.9. The van der Waals surface area contributed by atoms with Gasteiger partial charge in [-0.3, -0.25) is 0 Å². The summed E-state index contributed by atoms with van der Waals surface area (Å²) >= 11 is 1.52. The van der Waals surface area contributed by atoms with Gasteiger partial charge in [-0.05, 0) is 73.2 Å². The van der Waals surface area contributed by atoms with Crippen molar-refractivity contribution in [3.05, 3.63) is 89.7 Å². The van der Waals surface area contributed by atoms with Crippen molar-refractivity contribution in [2.75, 3.05) is 10.7 Å². The van der Waals surface area contributed by atoms with E-state index >= 15 is 0 Å². The summed E-state index contributed by atoms with van der Waals surface area (Å²) in [6, 6.07) is 19.2. The van der Waals surface area contributed by atoms with E-state index in [1.807, 2.05) is 6.92 Å². The van der Waals surface area contributed by atoms with E-state index in [-0.39, 0.29) is 17.7 Å². The maximum atomic E-state index is 13.2. The van der Waals surface area contributed by atoms with Crippen LogP contribution in [0.4, 0.5) is 23.7 Å². The molecule has 0 bridgehead atoms. The molecule has 238 valence electrons. The van der Waals surface area contributed by atoms with E-state index in [9.17, 15) is 23.2 Å². The van der Waals surface area contributed by atoms with Crippen molar-refractivity contribution in [3.8, 4) is 28.9 Å². The third-order valence-electron chi connectivity index (χ3n) is 7.40. The van der Waals surface area contributed by atoms with Crippen molar-refractivity contribution in [2.45, 2.75) is 58.5 Å². The van der Waals surface area contributed by atoms with Crippen molar-refractivity contribution >= 4 is 28.6 Å². The Labute approximate surface area is 269 Å². The lowest BCUT2D eigenvalue weighted by Gasteiger charge is -2.37. The summed E-state index contributed by atoms with van der Waals surface area (Å²) in [7, 11) is 0. The first kappa shape index (κ1) is 32.6. The molecule has 46 heavy (non-hydrogen) atoms. The lowest BCUT2D eigenvalue weighted by Crippen LogP contribution is -2.43. The summed E-state index contributed by atoms with van der Waals surface area (Å²) in [5, 5.41) is 17.6. The number of nitriles is 1. The first-order valence-electron chi connectivity index (χ1n) is 14.6. The Hall–Kier alpha value is -4.83. The quantitative estimate of drug-likeness (QED) is 0.217. The molecule has 1 N–H and O–H groups in total. The second kappa shape index (κ2) is 13.7. The van der Waals surface area contributed by atoms with Crippen LogP contribution in [0.2, 0.25) is 0 Å². The number of halogens is 3. The zero-order valence-electron chi connectivity index (χ0n) is 25.6. The molecule has 1 aliphatic rings. The first-order valence-corrected chi connectivity index (χ1v) is 15.6. The minimum absolute atomic E-state index is 0.145. The highest BCUT2D eigenvalue weighted by molar-refractivity contribution is 8.14. The fourth-order valence-electron chi connectivity index (χ4n) is 5.06. The van der Waals surface area contributed by atoms with Crippen molar-refractivity contribution in [3.63, 3.8) is 0 Å². The lowest BCUT2D eigenvalue weighted by atomic mass is 9.98. The van der Waals surface area contributed by atoms with Crippen LogP contribution in [-0.4, -0.2) is 44.1 Å². The average molecular weight is 648 g/mol. The summed E-state index contributed by atoms with van der Waals surface area (Å²) in [4.78, 5) is 24.0. The van der Waals surface area contributed by atoms with Crippen LogP contribution in [0.15, 0.2) is 78.0 Å². The third-order valence-corrected chi connectivity index (χ3v) is 8.39. The second-order valence-electron chi connectivity index (χ2n) is 11.2. The number of nitrogens with zero attached hydrogens (tertiary/aromatic N) is 6. The largest absolute Gasteiger partial charge is 0.573 e. The molecule has 4 aromatic rings. The van der Waals surface area contributed by atoms with E-state index in [2.05, 4.69) is 75.1 Å². The van der Waals surface area contributed by atoms with Crippen molar-refractivity contribution in [1.82, 2.24) is 20.1 Å². The summed E-state index contributed by atoms with van der Waals surface area (Å²) in [5.74, 6) is 1.14. The Bertz CT molecular complexity index is 1760. The molecule has 1 aliphatic heterocycles. The van der Waals surface area contributed by atoms with Crippen LogP contribution in [0, 0.1) is 18.3 Å². The van der Waals surface area contributed by atoms with Crippen LogP contribution < -0.4 is 15.0 Å².